The molecule has 2 N–H and O–H groups in total. The number of nitrogens with one attached hydrogen (secondary N) is 2. The van der Waals surface area contributed by atoms with Gasteiger partial charge in [-0.25, -0.2) is 0 Å². The summed E-state index contributed by atoms with van der Waals surface area (Å²) in [5.41, 5.74) is 2.57. The molecule has 1 heterocycles. The molecule has 0 spiro atoms. The van der Waals surface area contributed by atoms with Crippen LogP contribution in [0.1, 0.15) is 19.4 Å². The Morgan fingerprint density at radius 3 is 2.79 bits per heavy atom. The van der Waals surface area contributed by atoms with Crippen molar-refractivity contribution in [2.75, 3.05) is 11.9 Å². The SMILES string of the molecule is Cc1cccc(-c2n[nH]c(=S)n2CC(=O)Nc2ccc(OCC(C)C)c(Cl)c2)c1. The number of aryl methyl sites for hydroxylation is 1. The zero-order valence-corrected chi connectivity index (χ0v) is 18.1. The van der Waals surface area contributed by atoms with Gasteiger partial charge in [-0.3, -0.25) is 14.5 Å². The Bertz CT molecular complexity index is 1070. The molecule has 152 valence electrons. The standard InChI is InChI=1S/C21H23ClN4O2S/c1-13(2)12-28-18-8-7-16(10-17(18)22)23-19(27)11-26-20(24-25-21(26)29)15-6-4-5-14(3)9-15/h4-10,13H,11-12H2,1-3H3,(H,23,27)(H,25,29). The normalized spacial score (nSPS) is 10.9. The Hall–Kier alpha value is -2.64. The molecular weight excluding hydrogens is 408 g/mol. The lowest BCUT2D eigenvalue weighted by molar-refractivity contribution is -0.116. The molecule has 6 nitrogen and oxygen atoms in total. The fourth-order valence-electron chi connectivity index (χ4n) is 2.77. The predicted octanol–water partition coefficient (Wildman–Crippen LogP) is 5.24. The van der Waals surface area contributed by atoms with Crippen LogP contribution in [0.15, 0.2) is 42.5 Å². The first-order valence-corrected chi connectivity index (χ1v) is 10.1. The summed E-state index contributed by atoms with van der Waals surface area (Å²) < 4.78 is 7.71. The number of benzene rings is 2. The number of H-pyrrole nitrogens is 1. The van der Waals surface area contributed by atoms with E-state index in [9.17, 15) is 4.79 Å². The van der Waals surface area contributed by atoms with Gasteiger partial charge in [-0.2, -0.15) is 5.10 Å². The van der Waals surface area contributed by atoms with Crippen molar-refractivity contribution in [2.45, 2.75) is 27.3 Å². The molecular formula is C21H23ClN4O2S. The molecule has 0 fully saturated rings. The van der Waals surface area contributed by atoms with Crippen LogP contribution in [0.2, 0.25) is 5.02 Å². The van der Waals surface area contributed by atoms with E-state index in [0.717, 1.165) is 11.1 Å². The van der Waals surface area contributed by atoms with Gasteiger partial charge in [0.15, 0.2) is 10.6 Å². The Morgan fingerprint density at radius 1 is 1.31 bits per heavy atom. The summed E-state index contributed by atoms with van der Waals surface area (Å²) >= 11 is 11.6. The Balaban J connectivity index is 1.73. The summed E-state index contributed by atoms with van der Waals surface area (Å²) in [5, 5.41) is 10.3. The number of carbonyl (C=O) groups is 1. The molecule has 3 aromatic rings. The van der Waals surface area contributed by atoms with Crippen molar-refractivity contribution in [1.29, 1.82) is 0 Å². The molecule has 0 unspecified atom stereocenters. The average molecular weight is 431 g/mol. The van der Waals surface area contributed by atoms with E-state index in [0.29, 0.717) is 39.6 Å². The number of aromatic amines is 1. The highest BCUT2D eigenvalue weighted by atomic mass is 35.5. The molecule has 0 bridgehead atoms. The van der Waals surface area contributed by atoms with Gasteiger partial charge in [0.05, 0.1) is 11.6 Å². The highest BCUT2D eigenvalue weighted by Gasteiger charge is 2.13. The fourth-order valence-corrected chi connectivity index (χ4v) is 3.20. The number of ether oxygens (including phenoxy) is 1. The zero-order valence-electron chi connectivity index (χ0n) is 16.5. The Labute approximate surface area is 179 Å². The smallest absolute Gasteiger partial charge is 0.244 e. The van der Waals surface area contributed by atoms with Gasteiger partial charge in [-0.15, -0.1) is 0 Å². The summed E-state index contributed by atoms with van der Waals surface area (Å²) in [5.74, 6) is 1.37. The molecule has 0 aliphatic carbocycles. The summed E-state index contributed by atoms with van der Waals surface area (Å²) in [4.78, 5) is 12.6. The highest BCUT2D eigenvalue weighted by Crippen LogP contribution is 2.28. The third kappa shape index (κ3) is 5.46. The van der Waals surface area contributed by atoms with Crippen LogP contribution in [-0.2, 0) is 11.3 Å². The number of carbonyl (C=O) groups excluding carboxylic acids is 1. The molecule has 1 amide bonds. The van der Waals surface area contributed by atoms with Crippen LogP contribution in [0.5, 0.6) is 5.75 Å². The van der Waals surface area contributed by atoms with Gasteiger partial charge in [0.2, 0.25) is 5.91 Å². The van der Waals surface area contributed by atoms with Crippen molar-refractivity contribution in [2.24, 2.45) is 5.92 Å². The van der Waals surface area contributed by atoms with Gasteiger partial charge >= 0.3 is 0 Å². The quantitative estimate of drug-likeness (QED) is 0.502. The molecule has 3 rings (SSSR count). The van der Waals surface area contributed by atoms with Gasteiger partial charge in [0.25, 0.3) is 0 Å². The number of aromatic nitrogens is 3. The lowest BCUT2D eigenvalue weighted by atomic mass is 10.1. The zero-order chi connectivity index (χ0) is 21.0. The van der Waals surface area contributed by atoms with Crippen LogP contribution in [0.4, 0.5) is 5.69 Å². The molecule has 1 aromatic heterocycles. The van der Waals surface area contributed by atoms with Gasteiger partial charge in [-0.1, -0.05) is 49.2 Å². The first-order chi connectivity index (χ1) is 13.8. The Morgan fingerprint density at radius 2 is 2.10 bits per heavy atom. The lowest BCUT2D eigenvalue weighted by Gasteiger charge is -2.12. The van der Waals surface area contributed by atoms with Crippen molar-refractivity contribution in [3.05, 3.63) is 57.8 Å². The van der Waals surface area contributed by atoms with Crippen LogP contribution in [0.25, 0.3) is 11.4 Å². The molecule has 0 aliphatic heterocycles. The molecule has 0 saturated heterocycles. The third-order valence-electron chi connectivity index (χ3n) is 4.12. The minimum atomic E-state index is -0.233. The molecule has 0 atom stereocenters. The molecule has 2 aromatic carbocycles. The maximum Gasteiger partial charge on any atom is 0.244 e. The molecule has 0 saturated carbocycles. The van der Waals surface area contributed by atoms with E-state index < -0.39 is 0 Å². The van der Waals surface area contributed by atoms with E-state index in [1.54, 1.807) is 22.8 Å². The molecule has 0 aliphatic rings. The minimum absolute atomic E-state index is 0.0296. The molecule has 8 heteroatoms. The van der Waals surface area contributed by atoms with E-state index in [-0.39, 0.29) is 12.5 Å². The summed E-state index contributed by atoms with van der Waals surface area (Å²) in [7, 11) is 0. The van der Waals surface area contributed by atoms with Gasteiger partial charge in [0.1, 0.15) is 12.3 Å². The highest BCUT2D eigenvalue weighted by molar-refractivity contribution is 7.71. The fraction of sp³-hybridized carbons (Fsp3) is 0.286. The number of rotatable bonds is 7. The summed E-state index contributed by atoms with van der Waals surface area (Å²) in [6.45, 7) is 6.73. The van der Waals surface area contributed by atoms with E-state index in [1.165, 1.54) is 0 Å². The van der Waals surface area contributed by atoms with E-state index in [4.69, 9.17) is 28.6 Å². The number of hydrogen-bond acceptors (Lipinski definition) is 4. The second-order valence-electron chi connectivity index (χ2n) is 7.21. The van der Waals surface area contributed by atoms with Crippen molar-refractivity contribution in [3.8, 4) is 17.1 Å². The third-order valence-corrected chi connectivity index (χ3v) is 4.73. The van der Waals surface area contributed by atoms with Crippen LogP contribution in [-0.4, -0.2) is 27.3 Å². The van der Waals surface area contributed by atoms with Gasteiger partial charge in [0, 0.05) is 11.3 Å². The summed E-state index contributed by atoms with van der Waals surface area (Å²) in [6, 6.07) is 13.1. The Kier molecular flexibility index (Phi) is 6.71. The van der Waals surface area contributed by atoms with Crippen molar-refractivity contribution in [1.82, 2.24) is 14.8 Å². The van der Waals surface area contributed by atoms with Gasteiger partial charge < -0.3 is 10.1 Å². The largest absolute Gasteiger partial charge is 0.492 e. The second kappa shape index (κ2) is 9.24. The van der Waals surface area contributed by atoms with Crippen LogP contribution >= 0.6 is 23.8 Å². The van der Waals surface area contributed by atoms with E-state index in [1.807, 2.05) is 31.2 Å². The van der Waals surface area contributed by atoms with Crippen molar-refractivity contribution >= 4 is 35.4 Å². The maximum absolute atomic E-state index is 12.6. The van der Waals surface area contributed by atoms with Crippen molar-refractivity contribution in [3.63, 3.8) is 0 Å². The minimum Gasteiger partial charge on any atom is -0.492 e. The average Bonchev–Trinajstić information content (AvgIpc) is 3.01. The number of hydrogen-bond donors (Lipinski definition) is 2. The van der Waals surface area contributed by atoms with Crippen LogP contribution in [0, 0.1) is 17.6 Å². The summed E-state index contributed by atoms with van der Waals surface area (Å²) in [6.07, 6.45) is 0. The van der Waals surface area contributed by atoms with E-state index in [2.05, 4.69) is 29.4 Å². The van der Waals surface area contributed by atoms with Crippen LogP contribution < -0.4 is 10.1 Å². The number of amides is 1. The van der Waals surface area contributed by atoms with Crippen molar-refractivity contribution < 1.29 is 9.53 Å². The number of nitrogens with zero attached hydrogens (tertiary/aromatic N) is 2. The maximum atomic E-state index is 12.6. The first-order valence-electron chi connectivity index (χ1n) is 9.28. The monoisotopic (exact) mass is 430 g/mol. The first kappa shape index (κ1) is 21.1. The van der Waals surface area contributed by atoms with Crippen LogP contribution in [0.3, 0.4) is 0 Å². The predicted molar refractivity (Wildman–Crippen MR) is 118 cm³/mol. The number of anilines is 1. The lowest BCUT2D eigenvalue weighted by Crippen LogP contribution is -2.19. The molecule has 0 radical (unpaired) electrons. The van der Waals surface area contributed by atoms with E-state index >= 15 is 0 Å². The number of halogens is 1. The van der Waals surface area contributed by atoms with Gasteiger partial charge in [-0.05, 0) is 49.3 Å². The molecule has 29 heavy (non-hydrogen) atoms. The topological polar surface area (TPSA) is 71.9 Å². The second-order valence-corrected chi connectivity index (χ2v) is 8.00.